The maximum Gasteiger partial charge on any atom is 0.262 e. The van der Waals surface area contributed by atoms with Crippen LogP contribution in [0.15, 0.2) is 30.3 Å². The van der Waals surface area contributed by atoms with Crippen LogP contribution in [0.1, 0.15) is 31.0 Å². The smallest absolute Gasteiger partial charge is 0.262 e. The average Bonchev–Trinajstić information content (AvgIpc) is 3.15. The van der Waals surface area contributed by atoms with E-state index in [2.05, 4.69) is 27.1 Å². The predicted molar refractivity (Wildman–Crippen MR) is 98.2 cm³/mol. The summed E-state index contributed by atoms with van der Waals surface area (Å²) in [6.07, 6.45) is 3.29. The molecule has 1 aromatic heterocycles. The summed E-state index contributed by atoms with van der Waals surface area (Å²) in [7, 11) is 0. The number of hydrogen-bond acceptors (Lipinski definition) is 5. The zero-order chi connectivity index (χ0) is 17.6. The molecule has 1 aliphatic rings. The molecule has 0 spiro atoms. The Labute approximate surface area is 148 Å². The van der Waals surface area contributed by atoms with E-state index >= 15 is 0 Å². The van der Waals surface area contributed by atoms with Gasteiger partial charge in [-0.3, -0.25) is 4.79 Å². The minimum atomic E-state index is -0.205. The minimum absolute atomic E-state index is 0.0780. The summed E-state index contributed by atoms with van der Waals surface area (Å²) in [6, 6.07) is 9.57. The van der Waals surface area contributed by atoms with E-state index in [9.17, 15) is 4.79 Å². The number of carbonyl (C=O) groups is 1. The van der Waals surface area contributed by atoms with E-state index in [4.69, 9.17) is 4.74 Å². The zero-order valence-corrected chi connectivity index (χ0v) is 14.8. The molecule has 6 nitrogen and oxygen atoms in total. The van der Waals surface area contributed by atoms with Gasteiger partial charge in [0.1, 0.15) is 0 Å². The lowest BCUT2D eigenvalue weighted by molar-refractivity contribution is -0.118. The van der Waals surface area contributed by atoms with Crippen LogP contribution in [-0.4, -0.2) is 35.6 Å². The number of nitrogens with one attached hydrogen (secondary N) is 1. The first kappa shape index (κ1) is 17.2. The van der Waals surface area contributed by atoms with Crippen molar-refractivity contribution in [2.75, 3.05) is 29.9 Å². The molecule has 0 bridgehead atoms. The summed E-state index contributed by atoms with van der Waals surface area (Å²) >= 11 is 0. The van der Waals surface area contributed by atoms with Crippen molar-refractivity contribution in [2.45, 2.75) is 33.1 Å². The second-order valence-corrected chi connectivity index (χ2v) is 6.23. The first-order valence-electron chi connectivity index (χ1n) is 8.76. The number of ether oxygens (including phenoxy) is 1. The van der Waals surface area contributed by atoms with Crippen molar-refractivity contribution < 1.29 is 9.53 Å². The fourth-order valence-electron chi connectivity index (χ4n) is 2.82. The number of nitrogens with zero attached hydrogens (tertiary/aromatic N) is 3. The molecule has 1 fully saturated rings. The third-order valence-electron chi connectivity index (χ3n) is 4.20. The van der Waals surface area contributed by atoms with Gasteiger partial charge < -0.3 is 15.0 Å². The summed E-state index contributed by atoms with van der Waals surface area (Å²) in [4.78, 5) is 23.1. The second kappa shape index (κ2) is 7.96. The molecule has 1 aromatic carbocycles. The Morgan fingerprint density at radius 3 is 2.60 bits per heavy atom. The number of amides is 1. The first-order chi connectivity index (χ1) is 12.1. The molecule has 0 unspecified atom stereocenters. The Morgan fingerprint density at radius 1 is 1.20 bits per heavy atom. The van der Waals surface area contributed by atoms with Gasteiger partial charge in [0.25, 0.3) is 5.91 Å². The predicted octanol–water partition coefficient (Wildman–Crippen LogP) is 2.97. The Balaban J connectivity index is 1.57. The van der Waals surface area contributed by atoms with E-state index in [0.717, 1.165) is 43.7 Å². The largest absolute Gasteiger partial charge is 0.467 e. The van der Waals surface area contributed by atoms with E-state index in [-0.39, 0.29) is 12.5 Å². The van der Waals surface area contributed by atoms with E-state index in [0.29, 0.717) is 11.8 Å². The highest BCUT2D eigenvalue weighted by atomic mass is 16.5. The van der Waals surface area contributed by atoms with Crippen LogP contribution in [0.4, 0.5) is 11.6 Å². The van der Waals surface area contributed by atoms with Crippen LogP contribution >= 0.6 is 0 Å². The van der Waals surface area contributed by atoms with Gasteiger partial charge in [-0.2, -0.15) is 4.98 Å². The van der Waals surface area contributed by atoms with Crippen molar-refractivity contribution in [1.82, 2.24) is 9.97 Å². The van der Waals surface area contributed by atoms with Gasteiger partial charge in [-0.05, 0) is 43.9 Å². The summed E-state index contributed by atoms with van der Waals surface area (Å²) in [6.45, 7) is 5.87. The molecule has 0 radical (unpaired) electrons. The van der Waals surface area contributed by atoms with E-state index in [1.807, 2.05) is 31.2 Å². The molecule has 3 rings (SSSR count). The lowest BCUT2D eigenvalue weighted by atomic mass is 10.1. The van der Waals surface area contributed by atoms with Crippen LogP contribution in [0.5, 0.6) is 5.88 Å². The summed E-state index contributed by atoms with van der Waals surface area (Å²) in [5.74, 6) is 0.914. The Bertz CT molecular complexity index is 725. The topological polar surface area (TPSA) is 67.3 Å². The number of rotatable bonds is 6. The Kier molecular flexibility index (Phi) is 5.48. The van der Waals surface area contributed by atoms with Crippen LogP contribution in [0, 0.1) is 6.92 Å². The second-order valence-electron chi connectivity index (χ2n) is 6.23. The van der Waals surface area contributed by atoms with Crippen LogP contribution in [0.25, 0.3) is 0 Å². The zero-order valence-electron chi connectivity index (χ0n) is 14.8. The first-order valence-corrected chi connectivity index (χ1v) is 8.76. The van der Waals surface area contributed by atoms with Crippen molar-refractivity contribution in [2.24, 2.45) is 0 Å². The van der Waals surface area contributed by atoms with Crippen LogP contribution < -0.4 is 15.0 Å². The lowest BCUT2D eigenvalue weighted by Gasteiger charge is -2.16. The van der Waals surface area contributed by atoms with Crippen LogP contribution in [-0.2, 0) is 11.2 Å². The van der Waals surface area contributed by atoms with Gasteiger partial charge in [0.2, 0.25) is 11.8 Å². The van der Waals surface area contributed by atoms with Gasteiger partial charge in [-0.1, -0.05) is 19.1 Å². The number of carbonyl (C=O) groups excluding carboxylic acids is 1. The SMILES string of the molecule is CCc1ccc(NC(=O)COc2cc(C)nc(N3CCCC3)n2)cc1. The van der Waals surface area contributed by atoms with Gasteiger partial charge in [0.15, 0.2) is 6.61 Å². The standard InChI is InChI=1S/C19H24N4O2/c1-3-15-6-8-16(9-7-15)21-17(24)13-25-18-12-14(2)20-19(22-18)23-10-4-5-11-23/h6-9,12H,3-5,10-11,13H2,1-2H3,(H,21,24). The Hall–Kier alpha value is -2.63. The molecule has 132 valence electrons. The molecule has 1 N–H and O–H groups in total. The van der Waals surface area contributed by atoms with Gasteiger partial charge in [-0.25, -0.2) is 4.98 Å². The molecule has 2 heterocycles. The third-order valence-corrected chi connectivity index (χ3v) is 4.20. The van der Waals surface area contributed by atoms with Gasteiger partial charge in [-0.15, -0.1) is 0 Å². The summed E-state index contributed by atoms with van der Waals surface area (Å²) in [5.41, 5.74) is 2.84. The molecule has 0 saturated carbocycles. The van der Waals surface area contributed by atoms with Crippen molar-refractivity contribution in [3.05, 3.63) is 41.6 Å². The molecular formula is C19H24N4O2. The fraction of sp³-hybridized carbons (Fsp3) is 0.421. The maximum absolute atomic E-state index is 12.1. The molecule has 0 aliphatic carbocycles. The molecule has 1 aliphatic heterocycles. The van der Waals surface area contributed by atoms with Gasteiger partial charge >= 0.3 is 0 Å². The number of anilines is 2. The fourth-order valence-corrected chi connectivity index (χ4v) is 2.82. The van der Waals surface area contributed by atoms with Crippen LogP contribution in [0.2, 0.25) is 0 Å². The molecule has 6 heteroatoms. The highest BCUT2D eigenvalue weighted by molar-refractivity contribution is 5.91. The lowest BCUT2D eigenvalue weighted by Crippen LogP contribution is -2.23. The van der Waals surface area contributed by atoms with Crippen molar-refractivity contribution in [3.63, 3.8) is 0 Å². The molecule has 1 saturated heterocycles. The maximum atomic E-state index is 12.1. The quantitative estimate of drug-likeness (QED) is 0.876. The van der Waals surface area contributed by atoms with E-state index in [1.54, 1.807) is 6.07 Å². The number of benzene rings is 1. The average molecular weight is 340 g/mol. The van der Waals surface area contributed by atoms with Crippen LogP contribution in [0.3, 0.4) is 0 Å². The van der Waals surface area contributed by atoms with Gasteiger partial charge in [0, 0.05) is 30.5 Å². The highest BCUT2D eigenvalue weighted by Gasteiger charge is 2.16. The molecule has 25 heavy (non-hydrogen) atoms. The normalized spacial score (nSPS) is 13.8. The molecule has 0 atom stereocenters. The number of aryl methyl sites for hydroxylation is 2. The molecule has 2 aromatic rings. The number of aromatic nitrogens is 2. The highest BCUT2D eigenvalue weighted by Crippen LogP contribution is 2.19. The molecular weight excluding hydrogens is 316 g/mol. The van der Waals surface area contributed by atoms with Crippen molar-refractivity contribution in [1.29, 1.82) is 0 Å². The van der Waals surface area contributed by atoms with Crippen molar-refractivity contribution in [3.8, 4) is 5.88 Å². The Morgan fingerprint density at radius 2 is 1.92 bits per heavy atom. The monoisotopic (exact) mass is 340 g/mol. The minimum Gasteiger partial charge on any atom is -0.467 e. The van der Waals surface area contributed by atoms with E-state index in [1.165, 1.54) is 5.56 Å². The summed E-state index contributed by atoms with van der Waals surface area (Å²) < 4.78 is 5.58. The summed E-state index contributed by atoms with van der Waals surface area (Å²) in [5, 5.41) is 2.83. The van der Waals surface area contributed by atoms with Gasteiger partial charge in [0.05, 0.1) is 0 Å². The van der Waals surface area contributed by atoms with E-state index < -0.39 is 0 Å². The third kappa shape index (κ3) is 4.68. The number of hydrogen-bond donors (Lipinski definition) is 1. The molecule has 1 amide bonds. The van der Waals surface area contributed by atoms with Crippen molar-refractivity contribution >= 4 is 17.5 Å².